The molecule has 0 atom stereocenters. The Morgan fingerprint density at radius 1 is 1.38 bits per heavy atom. The smallest absolute Gasteiger partial charge is 0.270 e. The average Bonchev–Trinajstić information content (AvgIpc) is 2.85. The molecule has 1 aliphatic carbocycles. The molecule has 0 saturated carbocycles. The SMILES string of the molecule is O=[N+]([O-])c1cccc(-c2nc3c(n2O)CCCC3=NO)c1. The Labute approximate surface area is 119 Å². The maximum absolute atomic E-state index is 10.8. The van der Waals surface area contributed by atoms with Crippen molar-refractivity contribution in [3.05, 3.63) is 45.8 Å². The van der Waals surface area contributed by atoms with Crippen molar-refractivity contribution in [3.63, 3.8) is 0 Å². The molecule has 0 aliphatic heterocycles. The number of hydrogen-bond donors (Lipinski definition) is 2. The molecular formula is C13H12N4O4. The Balaban J connectivity index is 2.14. The number of hydrogen-bond acceptors (Lipinski definition) is 6. The van der Waals surface area contributed by atoms with Gasteiger partial charge in [-0.05, 0) is 19.3 Å². The molecule has 0 fully saturated rings. The van der Waals surface area contributed by atoms with Gasteiger partial charge in [-0.2, -0.15) is 4.73 Å². The first-order chi connectivity index (χ1) is 10.1. The summed E-state index contributed by atoms with van der Waals surface area (Å²) in [6.45, 7) is 0. The van der Waals surface area contributed by atoms with Crippen molar-refractivity contribution in [2.24, 2.45) is 5.16 Å². The number of fused-ring (bicyclic) bond motifs is 1. The minimum absolute atomic E-state index is 0.0791. The number of imidazole rings is 1. The number of aromatic nitrogens is 2. The topological polar surface area (TPSA) is 114 Å². The predicted molar refractivity (Wildman–Crippen MR) is 72.8 cm³/mol. The summed E-state index contributed by atoms with van der Waals surface area (Å²) in [5.41, 5.74) is 1.75. The van der Waals surface area contributed by atoms with Crippen LogP contribution in [0.4, 0.5) is 5.69 Å². The first-order valence-electron chi connectivity index (χ1n) is 6.39. The van der Waals surface area contributed by atoms with E-state index in [0.29, 0.717) is 35.5 Å². The van der Waals surface area contributed by atoms with E-state index in [9.17, 15) is 15.3 Å². The summed E-state index contributed by atoms with van der Waals surface area (Å²) < 4.78 is 0.915. The zero-order chi connectivity index (χ0) is 15.0. The van der Waals surface area contributed by atoms with Gasteiger partial charge in [0.2, 0.25) is 0 Å². The quantitative estimate of drug-likeness (QED) is 0.380. The van der Waals surface area contributed by atoms with Crippen LogP contribution in [0.3, 0.4) is 0 Å². The highest BCUT2D eigenvalue weighted by atomic mass is 16.6. The molecule has 1 aromatic heterocycles. The molecular weight excluding hydrogens is 276 g/mol. The van der Waals surface area contributed by atoms with Crippen LogP contribution in [0.25, 0.3) is 11.4 Å². The molecule has 0 unspecified atom stereocenters. The molecule has 0 amide bonds. The molecule has 0 radical (unpaired) electrons. The van der Waals surface area contributed by atoms with Gasteiger partial charge in [0, 0.05) is 17.7 Å². The fourth-order valence-corrected chi connectivity index (χ4v) is 2.49. The van der Waals surface area contributed by atoms with Crippen LogP contribution in [0, 0.1) is 10.1 Å². The molecule has 2 aromatic rings. The molecule has 108 valence electrons. The van der Waals surface area contributed by atoms with Gasteiger partial charge in [-0.3, -0.25) is 10.1 Å². The lowest BCUT2D eigenvalue weighted by Gasteiger charge is -2.11. The summed E-state index contributed by atoms with van der Waals surface area (Å²) >= 11 is 0. The molecule has 0 spiro atoms. The van der Waals surface area contributed by atoms with Gasteiger partial charge in [0.25, 0.3) is 5.69 Å². The maximum atomic E-state index is 10.8. The monoisotopic (exact) mass is 288 g/mol. The second-order valence-corrected chi connectivity index (χ2v) is 4.75. The number of oxime groups is 1. The number of nitro benzene ring substituents is 1. The summed E-state index contributed by atoms with van der Waals surface area (Å²) in [6, 6.07) is 5.87. The van der Waals surface area contributed by atoms with Crippen molar-refractivity contribution in [3.8, 4) is 11.4 Å². The predicted octanol–water partition coefficient (Wildman–Crippen LogP) is 2.21. The lowest BCUT2D eigenvalue weighted by atomic mass is 9.99. The van der Waals surface area contributed by atoms with E-state index in [1.807, 2.05) is 0 Å². The Morgan fingerprint density at radius 2 is 2.19 bits per heavy atom. The van der Waals surface area contributed by atoms with Crippen molar-refractivity contribution >= 4 is 11.4 Å². The van der Waals surface area contributed by atoms with Crippen LogP contribution < -0.4 is 0 Å². The third kappa shape index (κ3) is 2.10. The van der Waals surface area contributed by atoms with E-state index < -0.39 is 4.92 Å². The van der Waals surface area contributed by atoms with Crippen LogP contribution in [0.1, 0.15) is 24.2 Å². The fraction of sp³-hybridized carbons (Fsp3) is 0.231. The first-order valence-corrected chi connectivity index (χ1v) is 6.39. The van der Waals surface area contributed by atoms with E-state index in [1.54, 1.807) is 6.07 Å². The lowest BCUT2D eigenvalue weighted by molar-refractivity contribution is -0.384. The van der Waals surface area contributed by atoms with Crippen molar-refractivity contribution in [1.29, 1.82) is 0 Å². The molecule has 8 heteroatoms. The van der Waals surface area contributed by atoms with E-state index in [0.717, 1.165) is 11.2 Å². The van der Waals surface area contributed by atoms with Crippen molar-refractivity contribution in [2.75, 3.05) is 0 Å². The highest BCUT2D eigenvalue weighted by Crippen LogP contribution is 2.28. The maximum Gasteiger partial charge on any atom is 0.270 e. The summed E-state index contributed by atoms with van der Waals surface area (Å²) in [5, 5.41) is 33.2. The van der Waals surface area contributed by atoms with E-state index in [1.165, 1.54) is 18.2 Å². The molecule has 8 nitrogen and oxygen atoms in total. The van der Waals surface area contributed by atoms with Crippen LogP contribution in [-0.4, -0.2) is 30.8 Å². The molecule has 0 bridgehead atoms. The van der Waals surface area contributed by atoms with Crippen LogP contribution in [-0.2, 0) is 6.42 Å². The standard InChI is InChI=1S/C13H12N4O4/c18-15-10-5-2-6-11-12(10)14-13(16(11)19)8-3-1-4-9(7-8)17(20)21/h1,3-4,7,18-19H,2,5-6H2. The van der Waals surface area contributed by atoms with Gasteiger partial charge >= 0.3 is 0 Å². The number of nitrogens with zero attached hydrogens (tertiary/aromatic N) is 4. The normalized spacial score (nSPS) is 15.9. The zero-order valence-electron chi connectivity index (χ0n) is 10.9. The largest absolute Gasteiger partial charge is 0.427 e. The molecule has 2 N–H and O–H groups in total. The van der Waals surface area contributed by atoms with Crippen molar-refractivity contribution < 1.29 is 15.3 Å². The third-order valence-corrected chi connectivity index (χ3v) is 3.48. The van der Waals surface area contributed by atoms with Crippen LogP contribution in [0.2, 0.25) is 0 Å². The minimum atomic E-state index is -0.505. The average molecular weight is 288 g/mol. The summed E-state index contributed by atoms with van der Waals surface area (Å²) in [7, 11) is 0. The lowest BCUT2D eigenvalue weighted by Crippen LogP contribution is -2.13. The summed E-state index contributed by atoms with van der Waals surface area (Å²) in [5.74, 6) is 0.201. The van der Waals surface area contributed by atoms with Crippen LogP contribution in [0.5, 0.6) is 0 Å². The first kappa shape index (κ1) is 13.1. The van der Waals surface area contributed by atoms with Gasteiger partial charge in [-0.25, -0.2) is 4.98 Å². The second kappa shape index (κ2) is 4.89. The van der Waals surface area contributed by atoms with E-state index >= 15 is 0 Å². The Kier molecular flexibility index (Phi) is 3.05. The Hall–Kier alpha value is -2.90. The third-order valence-electron chi connectivity index (χ3n) is 3.48. The molecule has 1 heterocycles. The number of rotatable bonds is 2. The summed E-state index contributed by atoms with van der Waals surface area (Å²) in [6.07, 6.45) is 1.93. The van der Waals surface area contributed by atoms with Gasteiger partial charge in [0.1, 0.15) is 11.4 Å². The molecule has 21 heavy (non-hydrogen) atoms. The van der Waals surface area contributed by atoms with Gasteiger partial charge in [-0.15, -0.1) is 0 Å². The Bertz CT molecular complexity index is 751. The second-order valence-electron chi connectivity index (χ2n) is 4.75. The highest BCUT2D eigenvalue weighted by Gasteiger charge is 2.26. The fourth-order valence-electron chi connectivity index (χ4n) is 2.49. The number of nitro groups is 1. The van der Waals surface area contributed by atoms with E-state index in [4.69, 9.17) is 5.21 Å². The molecule has 1 aliphatic rings. The number of non-ortho nitro benzene ring substituents is 1. The van der Waals surface area contributed by atoms with E-state index in [-0.39, 0.29) is 11.5 Å². The van der Waals surface area contributed by atoms with Gasteiger partial charge in [0.05, 0.1) is 10.6 Å². The van der Waals surface area contributed by atoms with Crippen molar-refractivity contribution in [1.82, 2.24) is 9.71 Å². The van der Waals surface area contributed by atoms with Gasteiger partial charge in [0.15, 0.2) is 5.82 Å². The molecule has 0 saturated heterocycles. The summed E-state index contributed by atoms with van der Waals surface area (Å²) in [4.78, 5) is 14.6. The van der Waals surface area contributed by atoms with Crippen LogP contribution >= 0.6 is 0 Å². The van der Waals surface area contributed by atoms with E-state index in [2.05, 4.69) is 10.1 Å². The Morgan fingerprint density at radius 3 is 2.90 bits per heavy atom. The zero-order valence-corrected chi connectivity index (χ0v) is 10.9. The molecule has 3 rings (SSSR count). The highest BCUT2D eigenvalue weighted by molar-refractivity contribution is 6.01. The number of benzene rings is 1. The van der Waals surface area contributed by atoms with Crippen LogP contribution in [0.15, 0.2) is 29.4 Å². The van der Waals surface area contributed by atoms with Gasteiger partial charge < -0.3 is 10.4 Å². The minimum Gasteiger partial charge on any atom is -0.427 e. The van der Waals surface area contributed by atoms with Crippen molar-refractivity contribution in [2.45, 2.75) is 19.3 Å². The van der Waals surface area contributed by atoms with Gasteiger partial charge in [-0.1, -0.05) is 17.3 Å². The molecule has 1 aromatic carbocycles.